The topological polar surface area (TPSA) is 80.3 Å². The number of nitrogens with zero attached hydrogens (tertiary/aromatic N) is 2. The monoisotopic (exact) mass is 386 g/mol. The lowest BCUT2D eigenvalue weighted by molar-refractivity contribution is -0.669. The molecule has 5 nitrogen and oxygen atoms in total. The Kier molecular flexibility index (Phi) is 4.13. The molecular weight excluding hydrogens is 352 g/mol. The molecule has 154 valence electrons. The van der Waals surface area contributed by atoms with E-state index in [0.29, 0.717) is 22.6 Å². The molecule has 4 aliphatic rings. The standard InChI is InChI=1S/C23H34N2O3/c1-21-9-5-17(26)13-16(21)3-4-20-19(21)6-10-22(2)18(7-11-23(20,22)27)15-8-12-25(28)24-14-15/h8,12,14,16-20,26-27H,3-7,9-11,13H2,1-2H3/t16-,17+,18-,19+,20-,21+,22-,23+/m1/s1. The fraction of sp³-hybridized carbons (Fsp3) is 0.826. The lowest BCUT2D eigenvalue weighted by Crippen LogP contribution is -2.62. The van der Waals surface area contributed by atoms with E-state index in [9.17, 15) is 15.4 Å². The first-order valence-corrected chi connectivity index (χ1v) is 11.2. The Morgan fingerprint density at radius 1 is 1.07 bits per heavy atom. The average molecular weight is 387 g/mol. The van der Waals surface area contributed by atoms with E-state index in [1.54, 1.807) is 6.20 Å². The van der Waals surface area contributed by atoms with Crippen molar-refractivity contribution in [3.63, 3.8) is 0 Å². The summed E-state index contributed by atoms with van der Waals surface area (Å²) in [4.78, 5) is 0.601. The highest BCUT2D eigenvalue weighted by Crippen LogP contribution is 2.70. The zero-order valence-electron chi connectivity index (χ0n) is 17.2. The van der Waals surface area contributed by atoms with Gasteiger partial charge in [0.2, 0.25) is 6.20 Å². The molecule has 4 aliphatic carbocycles. The van der Waals surface area contributed by atoms with Gasteiger partial charge in [-0.25, -0.2) is 0 Å². The molecule has 0 spiro atoms. The SMILES string of the molecule is C[C@]12CC[C@H](O)C[C@H]1CC[C@@H]1[C@@H]2CC[C@]2(C)[C@@H](c3cc[n+]([O-])nc3)CC[C@]12O. The van der Waals surface area contributed by atoms with Gasteiger partial charge in [0.25, 0.3) is 0 Å². The zero-order valence-corrected chi connectivity index (χ0v) is 17.2. The molecule has 4 fully saturated rings. The number of hydrogen-bond acceptors (Lipinski definition) is 4. The molecule has 0 amide bonds. The zero-order chi connectivity index (χ0) is 19.7. The lowest BCUT2D eigenvalue weighted by Gasteiger charge is -2.63. The van der Waals surface area contributed by atoms with Gasteiger partial charge in [0.15, 0.2) is 0 Å². The molecule has 5 heteroatoms. The Bertz CT molecular complexity index is 755. The highest BCUT2D eigenvalue weighted by atomic mass is 16.5. The molecule has 28 heavy (non-hydrogen) atoms. The molecule has 1 aromatic rings. The van der Waals surface area contributed by atoms with Gasteiger partial charge < -0.3 is 15.4 Å². The van der Waals surface area contributed by atoms with Crippen LogP contribution < -0.4 is 4.85 Å². The molecule has 1 heterocycles. The van der Waals surface area contributed by atoms with Crippen LogP contribution in [-0.2, 0) is 0 Å². The van der Waals surface area contributed by atoms with Crippen molar-refractivity contribution in [1.82, 2.24) is 5.10 Å². The van der Waals surface area contributed by atoms with E-state index in [-0.39, 0.29) is 22.9 Å². The van der Waals surface area contributed by atoms with Crippen LogP contribution in [0.5, 0.6) is 0 Å². The van der Waals surface area contributed by atoms with Gasteiger partial charge in [-0.15, -0.1) is 0 Å². The second-order valence-electron chi connectivity index (χ2n) is 10.8. The molecule has 1 aromatic heterocycles. The summed E-state index contributed by atoms with van der Waals surface area (Å²) in [5.74, 6) is 1.79. The summed E-state index contributed by atoms with van der Waals surface area (Å²) in [7, 11) is 0. The van der Waals surface area contributed by atoms with Gasteiger partial charge in [0.05, 0.1) is 17.9 Å². The predicted octanol–water partition coefficient (Wildman–Crippen LogP) is 3.32. The van der Waals surface area contributed by atoms with Crippen LogP contribution in [0.3, 0.4) is 0 Å². The van der Waals surface area contributed by atoms with Crippen molar-refractivity contribution in [2.24, 2.45) is 28.6 Å². The highest BCUT2D eigenvalue weighted by Gasteiger charge is 2.67. The smallest absolute Gasteiger partial charge is 0.210 e. The van der Waals surface area contributed by atoms with Crippen LogP contribution in [-0.4, -0.2) is 27.0 Å². The summed E-state index contributed by atoms with van der Waals surface area (Å²) >= 11 is 0. The van der Waals surface area contributed by atoms with Gasteiger partial charge in [-0.05, 0) is 92.4 Å². The largest absolute Gasteiger partial charge is 0.594 e. The Morgan fingerprint density at radius 2 is 1.89 bits per heavy atom. The number of aliphatic hydroxyl groups is 2. The van der Waals surface area contributed by atoms with E-state index < -0.39 is 5.60 Å². The molecule has 0 aromatic carbocycles. The summed E-state index contributed by atoms with van der Waals surface area (Å²) in [6.07, 6.45) is 12.3. The summed E-state index contributed by atoms with van der Waals surface area (Å²) in [5, 5.41) is 37.7. The van der Waals surface area contributed by atoms with E-state index in [4.69, 9.17) is 0 Å². The number of aromatic nitrogens is 2. The van der Waals surface area contributed by atoms with Gasteiger partial charge in [-0.3, -0.25) is 0 Å². The lowest BCUT2D eigenvalue weighted by atomic mass is 9.43. The second-order valence-corrected chi connectivity index (χ2v) is 10.8. The third-order valence-corrected chi connectivity index (χ3v) is 9.94. The number of rotatable bonds is 1. The molecule has 0 radical (unpaired) electrons. The average Bonchev–Trinajstić information content (AvgIpc) is 2.95. The van der Waals surface area contributed by atoms with E-state index >= 15 is 0 Å². The van der Waals surface area contributed by atoms with Crippen LogP contribution in [0.2, 0.25) is 0 Å². The minimum Gasteiger partial charge on any atom is -0.594 e. The summed E-state index contributed by atoms with van der Waals surface area (Å²) in [6, 6.07) is 1.90. The Morgan fingerprint density at radius 3 is 2.64 bits per heavy atom. The van der Waals surface area contributed by atoms with Gasteiger partial charge in [-0.1, -0.05) is 18.7 Å². The molecule has 0 saturated heterocycles. The number of fused-ring (bicyclic) bond motifs is 5. The fourth-order valence-corrected chi connectivity index (χ4v) is 8.30. The van der Waals surface area contributed by atoms with Crippen LogP contribution in [0.15, 0.2) is 18.5 Å². The second kappa shape index (κ2) is 6.15. The maximum atomic E-state index is 12.2. The normalized spacial score (nSPS) is 50.5. The Balaban J connectivity index is 1.47. The van der Waals surface area contributed by atoms with E-state index in [1.165, 1.54) is 12.6 Å². The number of hydrogen-bond donors (Lipinski definition) is 2. The summed E-state index contributed by atoms with van der Waals surface area (Å²) in [5.41, 5.74) is 0.584. The first kappa shape index (κ1) is 18.8. The van der Waals surface area contributed by atoms with Crippen LogP contribution in [0.4, 0.5) is 0 Å². The molecule has 0 unspecified atom stereocenters. The highest BCUT2D eigenvalue weighted by molar-refractivity contribution is 5.26. The van der Waals surface area contributed by atoms with Crippen molar-refractivity contribution in [2.45, 2.75) is 89.3 Å². The Hall–Kier alpha value is -1.20. The molecular formula is C23H34N2O3. The Labute approximate surface area is 167 Å². The molecule has 0 bridgehead atoms. The molecule has 5 rings (SSSR count). The number of aliphatic hydroxyl groups excluding tert-OH is 1. The third kappa shape index (κ3) is 2.38. The van der Waals surface area contributed by atoms with Crippen LogP contribution in [0, 0.1) is 33.8 Å². The summed E-state index contributed by atoms with van der Waals surface area (Å²) in [6.45, 7) is 4.74. The molecule has 4 saturated carbocycles. The summed E-state index contributed by atoms with van der Waals surface area (Å²) < 4.78 is 0. The van der Waals surface area contributed by atoms with E-state index in [2.05, 4.69) is 18.9 Å². The quantitative estimate of drug-likeness (QED) is 0.573. The van der Waals surface area contributed by atoms with Crippen molar-refractivity contribution < 1.29 is 15.1 Å². The molecule has 0 aliphatic heterocycles. The van der Waals surface area contributed by atoms with Crippen LogP contribution in [0.1, 0.15) is 83.1 Å². The maximum Gasteiger partial charge on any atom is 0.210 e. The first-order valence-electron chi connectivity index (χ1n) is 11.2. The van der Waals surface area contributed by atoms with Gasteiger partial charge in [0, 0.05) is 16.6 Å². The molecule has 2 N–H and O–H groups in total. The minimum absolute atomic E-state index is 0.128. The van der Waals surface area contributed by atoms with Crippen molar-refractivity contribution in [2.75, 3.05) is 0 Å². The van der Waals surface area contributed by atoms with Crippen LogP contribution in [0.25, 0.3) is 0 Å². The van der Waals surface area contributed by atoms with E-state index in [1.807, 2.05) is 6.07 Å². The van der Waals surface area contributed by atoms with Crippen molar-refractivity contribution >= 4 is 0 Å². The van der Waals surface area contributed by atoms with Crippen molar-refractivity contribution in [3.8, 4) is 0 Å². The third-order valence-electron chi connectivity index (χ3n) is 9.94. The predicted molar refractivity (Wildman–Crippen MR) is 105 cm³/mol. The van der Waals surface area contributed by atoms with E-state index in [0.717, 1.165) is 56.9 Å². The fourth-order valence-electron chi connectivity index (χ4n) is 8.30. The van der Waals surface area contributed by atoms with Crippen molar-refractivity contribution in [1.29, 1.82) is 0 Å². The van der Waals surface area contributed by atoms with Crippen LogP contribution >= 0.6 is 0 Å². The molecule has 8 atom stereocenters. The van der Waals surface area contributed by atoms with Gasteiger partial charge in [-0.2, -0.15) is 0 Å². The minimum atomic E-state index is -0.631. The van der Waals surface area contributed by atoms with Gasteiger partial charge >= 0.3 is 0 Å². The maximum absolute atomic E-state index is 12.2. The first-order chi connectivity index (χ1) is 13.3. The van der Waals surface area contributed by atoms with Crippen molar-refractivity contribution in [3.05, 3.63) is 29.2 Å². The van der Waals surface area contributed by atoms with Gasteiger partial charge in [0.1, 0.15) is 0 Å².